The van der Waals surface area contributed by atoms with Gasteiger partial charge in [0.05, 0.1) is 6.10 Å². The molecular weight excluding hydrogens is 282 g/mol. The maximum Gasteiger partial charge on any atom is 0.0552 e. The summed E-state index contributed by atoms with van der Waals surface area (Å²) in [6.07, 6.45) is 2.14. The molecule has 3 rings (SSSR count). The summed E-state index contributed by atoms with van der Waals surface area (Å²) in [6, 6.07) is 17.6. The zero-order chi connectivity index (χ0) is 16.2. The van der Waals surface area contributed by atoms with E-state index in [1.54, 1.807) is 0 Å². The largest absolute Gasteiger partial charge is 0.393 e. The standard InChI is InChI=1S/C21H27NO/c1-16-8-10-19(11-9-16)20-6-3-5-18(13-20)14-22-12-4-7-21(15-22)17(2)23/h3,5-6,8-11,13,17,21,23H,4,7,12,14-15H2,1-2H3/t17-,21+/m0/s1. The van der Waals surface area contributed by atoms with Gasteiger partial charge in [0.15, 0.2) is 0 Å². The van der Waals surface area contributed by atoms with Crippen LogP contribution in [0.4, 0.5) is 0 Å². The minimum Gasteiger partial charge on any atom is -0.393 e. The van der Waals surface area contributed by atoms with Crippen LogP contribution in [-0.2, 0) is 6.54 Å². The van der Waals surface area contributed by atoms with E-state index in [0.717, 1.165) is 26.1 Å². The fourth-order valence-corrected chi connectivity index (χ4v) is 3.48. The van der Waals surface area contributed by atoms with Gasteiger partial charge in [0.25, 0.3) is 0 Å². The van der Waals surface area contributed by atoms with Gasteiger partial charge in [-0.2, -0.15) is 0 Å². The van der Waals surface area contributed by atoms with Crippen LogP contribution in [0.2, 0.25) is 0 Å². The summed E-state index contributed by atoms with van der Waals surface area (Å²) in [5.74, 6) is 0.420. The molecule has 0 unspecified atom stereocenters. The molecule has 23 heavy (non-hydrogen) atoms. The van der Waals surface area contributed by atoms with Crippen LogP contribution < -0.4 is 0 Å². The molecule has 2 aromatic carbocycles. The lowest BCUT2D eigenvalue weighted by molar-refractivity contribution is 0.0599. The van der Waals surface area contributed by atoms with Crippen molar-refractivity contribution in [2.75, 3.05) is 13.1 Å². The van der Waals surface area contributed by atoms with Crippen molar-refractivity contribution in [3.8, 4) is 11.1 Å². The molecule has 1 aliphatic rings. The van der Waals surface area contributed by atoms with E-state index in [9.17, 15) is 5.11 Å². The highest BCUT2D eigenvalue weighted by atomic mass is 16.3. The molecule has 0 amide bonds. The average Bonchev–Trinajstić information content (AvgIpc) is 2.56. The third kappa shape index (κ3) is 4.21. The molecule has 2 nitrogen and oxygen atoms in total. The quantitative estimate of drug-likeness (QED) is 0.912. The number of likely N-dealkylation sites (tertiary alicyclic amines) is 1. The van der Waals surface area contributed by atoms with Gasteiger partial charge in [-0.15, -0.1) is 0 Å². The maximum absolute atomic E-state index is 9.85. The summed E-state index contributed by atoms with van der Waals surface area (Å²) < 4.78 is 0. The van der Waals surface area contributed by atoms with Crippen LogP contribution in [-0.4, -0.2) is 29.2 Å². The molecule has 122 valence electrons. The summed E-state index contributed by atoms with van der Waals surface area (Å²) in [4.78, 5) is 2.48. The molecule has 0 saturated carbocycles. The fourth-order valence-electron chi connectivity index (χ4n) is 3.48. The molecule has 0 spiro atoms. The van der Waals surface area contributed by atoms with Crippen LogP contribution in [0, 0.1) is 12.8 Å². The van der Waals surface area contributed by atoms with E-state index in [2.05, 4.69) is 60.4 Å². The summed E-state index contributed by atoms with van der Waals surface area (Å²) in [7, 11) is 0. The summed E-state index contributed by atoms with van der Waals surface area (Å²) >= 11 is 0. The van der Waals surface area contributed by atoms with Gasteiger partial charge in [0, 0.05) is 13.1 Å². The van der Waals surface area contributed by atoms with Crippen molar-refractivity contribution in [1.82, 2.24) is 4.90 Å². The molecule has 2 atom stereocenters. The number of nitrogens with zero attached hydrogens (tertiary/aromatic N) is 1. The number of aliphatic hydroxyl groups excluding tert-OH is 1. The zero-order valence-electron chi connectivity index (χ0n) is 14.2. The lowest BCUT2D eigenvalue weighted by atomic mass is 9.93. The minimum atomic E-state index is -0.198. The summed E-state index contributed by atoms with van der Waals surface area (Å²) in [5.41, 5.74) is 5.21. The normalized spacial score (nSPS) is 20.4. The van der Waals surface area contributed by atoms with Crippen LogP contribution in [0.15, 0.2) is 48.5 Å². The molecule has 0 radical (unpaired) electrons. The lowest BCUT2D eigenvalue weighted by Crippen LogP contribution is -2.39. The molecule has 1 aliphatic heterocycles. The molecule has 1 heterocycles. The van der Waals surface area contributed by atoms with E-state index in [1.165, 1.54) is 28.7 Å². The van der Waals surface area contributed by atoms with E-state index < -0.39 is 0 Å². The maximum atomic E-state index is 9.85. The van der Waals surface area contributed by atoms with Crippen molar-refractivity contribution in [1.29, 1.82) is 0 Å². The predicted molar refractivity (Wildman–Crippen MR) is 96.3 cm³/mol. The first-order chi connectivity index (χ1) is 11.1. The van der Waals surface area contributed by atoms with E-state index >= 15 is 0 Å². The topological polar surface area (TPSA) is 23.5 Å². The minimum absolute atomic E-state index is 0.198. The second-order valence-corrected chi connectivity index (χ2v) is 6.94. The van der Waals surface area contributed by atoms with E-state index in [1.807, 2.05) is 6.92 Å². The van der Waals surface area contributed by atoms with Crippen LogP contribution >= 0.6 is 0 Å². The predicted octanol–water partition coefficient (Wildman–Crippen LogP) is 4.25. The van der Waals surface area contributed by atoms with Gasteiger partial charge < -0.3 is 5.11 Å². The Morgan fingerprint density at radius 2 is 1.91 bits per heavy atom. The molecule has 1 saturated heterocycles. The molecule has 2 aromatic rings. The molecule has 2 heteroatoms. The Morgan fingerprint density at radius 1 is 1.13 bits per heavy atom. The number of benzene rings is 2. The number of rotatable bonds is 4. The van der Waals surface area contributed by atoms with Crippen molar-refractivity contribution in [2.24, 2.45) is 5.92 Å². The van der Waals surface area contributed by atoms with Crippen molar-refractivity contribution in [3.05, 3.63) is 59.7 Å². The van der Waals surface area contributed by atoms with Crippen molar-refractivity contribution < 1.29 is 5.11 Å². The van der Waals surface area contributed by atoms with E-state index in [0.29, 0.717) is 5.92 Å². The lowest BCUT2D eigenvalue weighted by Gasteiger charge is -2.34. The number of piperidine rings is 1. The second-order valence-electron chi connectivity index (χ2n) is 6.94. The number of aryl methyl sites for hydroxylation is 1. The second kappa shape index (κ2) is 7.29. The van der Waals surface area contributed by atoms with Gasteiger partial charge in [-0.25, -0.2) is 0 Å². The van der Waals surface area contributed by atoms with Gasteiger partial charge in [-0.1, -0.05) is 48.0 Å². The average molecular weight is 309 g/mol. The first-order valence-electron chi connectivity index (χ1n) is 8.68. The van der Waals surface area contributed by atoms with E-state index in [-0.39, 0.29) is 6.10 Å². The fraction of sp³-hybridized carbons (Fsp3) is 0.429. The Kier molecular flexibility index (Phi) is 5.14. The molecule has 0 aliphatic carbocycles. The van der Waals surface area contributed by atoms with E-state index in [4.69, 9.17) is 0 Å². The summed E-state index contributed by atoms with van der Waals surface area (Å²) in [5, 5.41) is 9.85. The molecule has 1 N–H and O–H groups in total. The van der Waals surface area contributed by atoms with Crippen LogP contribution in [0.25, 0.3) is 11.1 Å². The van der Waals surface area contributed by atoms with Gasteiger partial charge in [0.1, 0.15) is 0 Å². The van der Waals surface area contributed by atoms with Gasteiger partial charge in [0.2, 0.25) is 0 Å². The Balaban J connectivity index is 1.71. The van der Waals surface area contributed by atoms with Crippen LogP contribution in [0.3, 0.4) is 0 Å². The highest BCUT2D eigenvalue weighted by Gasteiger charge is 2.23. The van der Waals surface area contributed by atoms with Crippen LogP contribution in [0.5, 0.6) is 0 Å². The number of hydrogen-bond acceptors (Lipinski definition) is 2. The molecule has 1 fully saturated rings. The Morgan fingerprint density at radius 3 is 2.65 bits per heavy atom. The number of hydrogen-bond donors (Lipinski definition) is 1. The molecular formula is C21H27NO. The third-order valence-corrected chi connectivity index (χ3v) is 4.94. The smallest absolute Gasteiger partial charge is 0.0552 e. The molecule has 0 bridgehead atoms. The highest BCUT2D eigenvalue weighted by molar-refractivity contribution is 5.64. The van der Waals surface area contributed by atoms with Gasteiger partial charge >= 0.3 is 0 Å². The SMILES string of the molecule is Cc1ccc(-c2cccc(CN3CCC[C@@H]([C@H](C)O)C3)c2)cc1. The first kappa shape index (κ1) is 16.2. The van der Waals surface area contributed by atoms with Crippen molar-refractivity contribution in [2.45, 2.75) is 39.3 Å². The first-order valence-corrected chi connectivity index (χ1v) is 8.68. The monoisotopic (exact) mass is 309 g/mol. The van der Waals surface area contributed by atoms with Crippen molar-refractivity contribution >= 4 is 0 Å². The Labute approximate surface area is 139 Å². The third-order valence-electron chi connectivity index (χ3n) is 4.94. The summed E-state index contributed by atoms with van der Waals surface area (Å²) in [6.45, 7) is 7.16. The zero-order valence-corrected chi connectivity index (χ0v) is 14.2. The van der Waals surface area contributed by atoms with Gasteiger partial charge in [-0.3, -0.25) is 4.90 Å². The van der Waals surface area contributed by atoms with Crippen LogP contribution in [0.1, 0.15) is 30.9 Å². The Bertz CT molecular complexity index is 633. The highest BCUT2D eigenvalue weighted by Crippen LogP contribution is 2.24. The molecule has 0 aromatic heterocycles. The number of aliphatic hydroxyl groups is 1. The Hall–Kier alpha value is -1.64. The van der Waals surface area contributed by atoms with Crippen molar-refractivity contribution in [3.63, 3.8) is 0 Å². The van der Waals surface area contributed by atoms with Gasteiger partial charge in [-0.05, 0) is 61.9 Å².